The third-order valence-electron chi connectivity index (χ3n) is 6.11. The van der Waals surface area contributed by atoms with Crippen molar-refractivity contribution in [3.8, 4) is 5.75 Å². The number of halogens is 7. The van der Waals surface area contributed by atoms with Crippen molar-refractivity contribution in [2.75, 3.05) is 12.4 Å². The van der Waals surface area contributed by atoms with E-state index >= 15 is 0 Å². The Morgan fingerprint density at radius 3 is 1.76 bits per heavy atom. The van der Waals surface area contributed by atoms with Gasteiger partial charge in [0.25, 0.3) is 0 Å². The molecule has 0 unspecified atom stereocenters. The van der Waals surface area contributed by atoms with Crippen molar-refractivity contribution in [1.29, 1.82) is 0 Å². The number of hydrogen-bond donors (Lipinski definition) is 0. The Balaban J connectivity index is 2.12. The van der Waals surface area contributed by atoms with Crippen LogP contribution in [0.3, 0.4) is 0 Å². The number of hydrogen-bond acceptors (Lipinski definition) is 6. The van der Waals surface area contributed by atoms with Gasteiger partial charge in [-0.25, -0.2) is 17.6 Å². The standard InChI is InChI=1S/C28H34F7NO4S2/c1-3-5-6-7-8-9-10-11-12-13-18-41-25-21(29)23(31)26(24(32)22(25)30)42(37,38)40-36-27(28(33,34)35)19-14-16-20(17-15-19)39-4-2/h14-17H,3-13,18H2,1-2H3/b36-27-. The third kappa shape index (κ3) is 10.4. The Labute approximate surface area is 246 Å². The summed E-state index contributed by atoms with van der Waals surface area (Å²) in [6, 6.07) is 4.08. The molecule has 0 bridgehead atoms. The highest BCUT2D eigenvalue weighted by Gasteiger charge is 2.40. The number of benzene rings is 2. The fraction of sp³-hybridized carbons (Fsp3) is 0.536. The van der Waals surface area contributed by atoms with Crippen LogP contribution in [0.15, 0.2) is 39.2 Å². The van der Waals surface area contributed by atoms with E-state index < -0.39 is 60.6 Å². The van der Waals surface area contributed by atoms with Crippen molar-refractivity contribution in [2.24, 2.45) is 5.16 Å². The van der Waals surface area contributed by atoms with E-state index in [-0.39, 0.29) is 18.1 Å². The van der Waals surface area contributed by atoms with Crippen molar-refractivity contribution in [1.82, 2.24) is 0 Å². The summed E-state index contributed by atoms with van der Waals surface area (Å²) in [5.41, 5.74) is -2.54. The lowest BCUT2D eigenvalue weighted by atomic mass is 10.1. The minimum atomic E-state index is -5.86. The SMILES string of the molecule is CCCCCCCCCCCCSc1c(F)c(F)c(S(=O)(=O)O/N=C(/c2ccc(OCC)cc2)C(F)(F)F)c(F)c1F. The molecule has 0 saturated carbocycles. The minimum absolute atomic E-state index is 0.104. The van der Waals surface area contributed by atoms with Crippen LogP contribution in [-0.4, -0.2) is 32.7 Å². The molecule has 0 amide bonds. The van der Waals surface area contributed by atoms with Gasteiger partial charge in [0, 0.05) is 5.56 Å². The highest BCUT2D eigenvalue weighted by atomic mass is 32.2. The molecule has 0 aliphatic carbocycles. The number of alkyl halides is 3. The second-order valence-electron chi connectivity index (χ2n) is 9.37. The number of rotatable bonds is 18. The van der Waals surface area contributed by atoms with Gasteiger partial charge >= 0.3 is 16.3 Å². The average Bonchev–Trinajstić information content (AvgIpc) is 2.92. The monoisotopic (exact) mass is 645 g/mol. The third-order valence-corrected chi connectivity index (χ3v) is 8.38. The molecule has 14 heteroatoms. The topological polar surface area (TPSA) is 65.0 Å². The Morgan fingerprint density at radius 2 is 1.29 bits per heavy atom. The molecule has 0 saturated heterocycles. The van der Waals surface area contributed by atoms with Gasteiger partial charge in [0.05, 0.1) is 11.5 Å². The molecule has 0 N–H and O–H groups in total. The summed E-state index contributed by atoms with van der Waals surface area (Å²) in [5.74, 6) is -8.35. The Bertz CT molecular complexity index is 1260. The maximum atomic E-state index is 14.7. The normalized spacial score (nSPS) is 12.5. The molecule has 42 heavy (non-hydrogen) atoms. The van der Waals surface area contributed by atoms with Gasteiger partial charge in [0.15, 0.2) is 33.9 Å². The summed E-state index contributed by atoms with van der Waals surface area (Å²) in [7, 11) is -5.86. The van der Waals surface area contributed by atoms with Gasteiger partial charge in [0.2, 0.25) is 0 Å². The number of oxime groups is 1. The first-order valence-corrected chi connectivity index (χ1v) is 16.0. The van der Waals surface area contributed by atoms with Crippen LogP contribution in [0.2, 0.25) is 0 Å². The van der Waals surface area contributed by atoms with Gasteiger partial charge in [-0.15, -0.1) is 11.8 Å². The van der Waals surface area contributed by atoms with E-state index in [2.05, 4.69) is 16.4 Å². The maximum Gasteiger partial charge on any atom is 0.437 e. The fourth-order valence-corrected chi connectivity index (χ4v) is 5.82. The second-order valence-corrected chi connectivity index (χ2v) is 11.9. The molecule has 0 spiro atoms. The zero-order chi connectivity index (χ0) is 31.3. The van der Waals surface area contributed by atoms with E-state index in [9.17, 15) is 39.2 Å². The van der Waals surface area contributed by atoms with Gasteiger partial charge in [-0.3, -0.25) is 4.28 Å². The van der Waals surface area contributed by atoms with Crippen molar-refractivity contribution < 1.29 is 48.2 Å². The predicted octanol–water partition coefficient (Wildman–Crippen LogP) is 9.33. The zero-order valence-corrected chi connectivity index (χ0v) is 25.0. The van der Waals surface area contributed by atoms with E-state index in [1.54, 1.807) is 6.92 Å². The summed E-state index contributed by atoms with van der Waals surface area (Å²) in [6.07, 6.45) is 4.78. The molecule has 0 atom stereocenters. The number of unbranched alkanes of at least 4 members (excludes halogenated alkanes) is 9. The lowest BCUT2D eigenvalue weighted by Crippen LogP contribution is -2.25. The Hall–Kier alpha value is -2.48. The molecule has 2 rings (SSSR count). The van der Waals surface area contributed by atoms with Gasteiger partial charge in [-0.05, 0) is 43.4 Å². The summed E-state index contributed by atoms with van der Waals surface area (Å²) in [6.45, 7) is 4.01. The Kier molecular flexibility index (Phi) is 14.4. The van der Waals surface area contributed by atoms with E-state index in [1.807, 2.05) is 0 Å². The van der Waals surface area contributed by atoms with E-state index in [0.29, 0.717) is 18.2 Å². The van der Waals surface area contributed by atoms with Gasteiger partial charge < -0.3 is 4.74 Å². The van der Waals surface area contributed by atoms with Crippen LogP contribution < -0.4 is 4.74 Å². The maximum absolute atomic E-state index is 14.7. The predicted molar refractivity (Wildman–Crippen MR) is 147 cm³/mol. The van der Waals surface area contributed by atoms with E-state index in [0.717, 1.165) is 56.4 Å². The molecule has 2 aromatic rings. The largest absolute Gasteiger partial charge is 0.494 e. The molecule has 5 nitrogen and oxygen atoms in total. The van der Waals surface area contributed by atoms with E-state index in [1.165, 1.54) is 25.7 Å². The molecule has 0 fully saturated rings. The van der Waals surface area contributed by atoms with Gasteiger partial charge in [-0.2, -0.15) is 21.6 Å². The first kappa shape index (κ1) is 35.7. The smallest absolute Gasteiger partial charge is 0.437 e. The molecule has 0 radical (unpaired) electrons. The van der Waals surface area contributed by atoms with Crippen LogP contribution in [0.25, 0.3) is 0 Å². The Morgan fingerprint density at radius 1 is 0.786 bits per heavy atom. The van der Waals surface area contributed by atoms with E-state index in [4.69, 9.17) is 4.74 Å². The summed E-state index contributed by atoms with van der Waals surface area (Å²) in [4.78, 5) is -3.30. The first-order valence-electron chi connectivity index (χ1n) is 13.7. The molecular formula is C28H34F7NO4S2. The highest BCUT2D eigenvalue weighted by molar-refractivity contribution is 7.99. The minimum Gasteiger partial charge on any atom is -0.494 e. The van der Waals surface area contributed by atoms with Gasteiger partial charge in [-0.1, -0.05) is 69.9 Å². The van der Waals surface area contributed by atoms with Crippen LogP contribution in [0, 0.1) is 23.3 Å². The van der Waals surface area contributed by atoms with Crippen molar-refractivity contribution in [3.63, 3.8) is 0 Å². The lowest BCUT2D eigenvalue weighted by molar-refractivity contribution is -0.0597. The van der Waals surface area contributed by atoms with Crippen molar-refractivity contribution >= 4 is 27.6 Å². The number of nitrogens with zero attached hydrogens (tertiary/aromatic N) is 1. The van der Waals surface area contributed by atoms with Crippen LogP contribution >= 0.6 is 11.8 Å². The van der Waals surface area contributed by atoms with Crippen LogP contribution in [0.1, 0.15) is 83.6 Å². The highest BCUT2D eigenvalue weighted by Crippen LogP contribution is 2.35. The summed E-state index contributed by atoms with van der Waals surface area (Å²) >= 11 is 0.470. The summed E-state index contributed by atoms with van der Waals surface area (Å²) < 4.78 is 133. The fourth-order valence-electron chi connectivity index (χ4n) is 3.97. The molecule has 0 aromatic heterocycles. The van der Waals surface area contributed by atoms with Gasteiger partial charge in [0.1, 0.15) is 5.75 Å². The van der Waals surface area contributed by atoms with Crippen LogP contribution in [0.5, 0.6) is 5.75 Å². The molecule has 236 valence electrons. The van der Waals surface area contributed by atoms with Crippen LogP contribution in [-0.2, 0) is 14.4 Å². The molecule has 0 aliphatic heterocycles. The number of ether oxygens (including phenoxy) is 1. The lowest BCUT2D eigenvalue weighted by Gasteiger charge is -2.13. The molecular weight excluding hydrogens is 611 g/mol. The first-order chi connectivity index (χ1) is 19.8. The second kappa shape index (κ2) is 17.0. The molecule has 2 aromatic carbocycles. The molecule has 0 heterocycles. The zero-order valence-electron chi connectivity index (χ0n) is 23.3. The van der Waals surface area contributed by atoms with Crippen LogP contribution in [0.4, 0.5) is 30.7 Å². The van der Waals surface area contributed by atoms with Crippen molar-refractivity contribution in [2.45, 2.75) is 94.0 Å². The average molecular weight is 646 g/mol. The number of thioether (sulfide) groups is 1. The summed E-state index contributed by atoms with van der Waals surface area (Å²) in [5, 5.41) is 2.54. The molecule has 0 aliphatic rings. The quantitative estimate of drug-likeness (QED) is 0.0404. The van der Waals surface area contributed by atoms with Crippen molar-refractivity contribution in [3.05, 3.63) is 53.1 Å².